The highest BCUT2D eigenvalue weighted by Gasteiger charge is 2.30. The topological polar surface area (TPSA) is 117 Å². The van der Waals surface area contributed by atoms with Crippen molar-refractivity contribution in [3.05, 3.63) is 65.0 Å². The normalized spacial score (nSPS) is 11.5. The summed E-state index contributed by atoms with van der Waals surface area (Å²) >= 11 is 0. The molecule has 0 fully saturated rings. The zero-order valence-corrected chi connectivity index (χ0v) is 14.1. The monoisotopic (exact) mass is 396 g/mol. The van der Waals surface area contributed by atoms with Crippen molar-refractivity contribution >= 4 is 15.5 Å². The van der Waals surface area contributed by atoms with Crippen molar-refractivity contribution in [2.45, 2.75) is 10.7 Å². The van der Waals surface area contributed by atoms with E-state index in [1.165, 1.54) is 23.0 Å². The minimum Gasteiger partial charge on any atom is -0.450 e. The van der Waals surface area contributed by atoms with Crippen molar-refractivity contribution in [3.8, 4) is 17.2 Å². The van der Waals surface area contributed by atoms with Gasteiger partial charge >= 0.3 is 11.4 Å². The number of aromatic nitrogens is 3. The van der Waals surface area contributed by atoms with Crippen LogP contribution in [0.3, 0.4) is 0 Å². The summed E-state index contributed by atoms with van der Waals surface area (Å²) in [6.07, 6.45) is 3.03. The van der Waals surface area contributed by atoms with Gasteiger partial charge in [-0.2, -0.15) is 8.78 Å². The molecule has 0 spiro atoms. The molecule has 2 aromatic carbocycles. The van der Waals surface area contributed by atoms with Crippen molar-refractivity contribution in [2.75, 3.05) is 0 Å². The molecule has 1 aromatic heterocycles. The van der Waals surface area contributed by atoms with E-state index < -0.39 is 31.1 Å². The van der Waals surface area contributed by atoms with Crippen LogP contribution in [0.15, 0.2) is 59.8 Å². The van der Waals surface area contributed by atoms with Crippen LogP contribution in [0.5, 0.6) is 11.5 Å². The quantitative estimate of drug-likeness (QED) is 0.464. The smallest absolute Gasteiger partial charge is 0.341 e. The van der Waals surface area contributed by atoms with E-state index in [4.69, 9.17) is 4.74 Å². The van der Waals surface area contributed by atoms with Crippen molar-refractivity contribution < 1.29 is 26.9 Å². The summed E-state index contributed by atoms with van der Waals surface area (Å²) in [6.45, 7) is 0. The van der Waals surface area contributed by atoms with Crippen LogP contribution in [0.4, 0.5) is 14.5 Å². The Kier molecular flexibility index (Phi) is 4.81. The fourth-order valence-electron chi connectivity index (χ4n) is 2.17. The first-order valence-electron chi connectivity index (χ1n) is 7.24. The molecule has 0 unspecified atom stereocenters. The van der Waals surface area contributed by atoms with Gasteiger partial charge < -0.3 is 4.74 Å². The zero-order valence-electron chi connectivity index (χ0n) is 13.3. The maximum Gasteiger partial charge on any atom is 0.341 e. The van der Waals surface area contributed by atoms with E-state index >= 15 is 0 Å². The van der Waals surface area contributed by atoms with E-state index in [0.29, 0.717) is 11.8 Å². The van der Waals surface area contributed by atoms with Crippen molar-refractivity contribution in [1.29, 1.82) is 0 Å². The Morgan fingerprint density at radius 1 is 1.19 bits per heavy atom. The van der Waals surface area contributed by atoms with Gasteiger partial charge in [0.05, 0.1) is 27.9 Å². The van der Waals surface area contributed by atoms with Gasteiger partial charge in [-0.3, -0.25) is 10.1 Å². The summed E-state index contributed by atoms with van der Waals surface area (Å²) in [5, 5.41) is 18.7. The predicted molar refractivity (Wildman–Crippen MR) is 87.7 cm³/mol. The van der Waals surface area contributed by atoms with Gasteiger partial charge in [0.25, 0.3) is 0 Å². The van der Waals surface area contributed by atoms with Crippen LogP contribution >= 0.6 is 0 Å². The predicted octanol–water partition coefficient (Wildman–Crippen LogP) is 2.96. The second-order valence-corrected chi connectivity index (χ2v) is 7.06. The Bertz CT molecular complexity index is 1090. The fraction of sp³-hybridized carbons (Fsp3) is 0.0667. The third-order valence-corrected chi connectivity index (χ3v) is 4.80. The van der Waals surface area contributed by atoms with Gasteiger partial charge in [-0.25, -0.2) is 13.1 Å². The van der Waals surface area contributed by atoms with Gasteiger partial charge in [-0.05, 0) is 24.3 Å². The van der Waals surface area contributed by atoms with Crippen LogP contribution in [-0.4, -0.2) is 34.1 Å². The van der Waals surface area contributed by atoms with Gasteiger partial charge in [0.2, 0.25) is 15.6 Å². The molecule has 3 aromatic rings. The number of nitrogens with zero attached hydrogens (tertiary/aromatic N) is 4. The second kappa shape index (κ2) is 7.07. The van der Waals surface area contributed by atoms with Gasteiger partial charge in [0, 0.05) is 12.1 Å². The largest absolute Gasteiger partial charge is 0.450 e. The number of halogens is 2. The van der Waals surface area contributed by atoms with E-state index in [0.717, 1.165) is 12.1 Å². The zero-order chi connectivity index (χ0) is 19.6. The molecule has 0 aliphatic rings. The molecule has 0 aliphatic carbocycles. The van der Waals surface area contributed by atoms with Crippen LogP contribution < -0.4 is 4.74 Å². The molecule has 0 aliphatic heterocycles. The molecule has 27 heavy (non-hydrogen) atoms. The Hall–Kier alpha value is -3.41. The summed E-state index contributed by atoms with van der Waals surface area (Å²) < 4.78 is 55.2. The average Bonchev–Trinajstić information content (AvgIpc) is 3.16. The van der Waals surface area contributed by atoms with Crippen LogP contribution in [0.2, 0.25) is 0 Å². The highest BCUT2D eigenvalue weighted by atomic mass is 32.2. The molecule has 12 heteroatoms. The second-order valence-electron chi connectivity index (χ2n) is 5.14. The summed E-state index contributed by atoms with van der Waals surface area (Å²) in [4.78, 5) is 9.45. The minimum absolute atomic E-state index is 0.190. The van der Waals surface area contributed by atoms with Crippen LogP contribution in [0, 0.1) is 10.1 Å². The number of alkyl halides is 2. The Balaban J connectivity index is 1.98. The number of nitro benzene ring substituents is 1. The van der Waals surface area contributed by atoms with Crippen molar-refractivity contribution in [1.82, 2.24) is 15.0 Å². The lowest BCUT2D eigenvalue weighted by molar-refractivity contribution is -0.385. The Morgan fingerprint density at radius 3 is 2.59 bits per heavy atom. The van der Waals surface area contributed by atoms with E-state index in [2.05, 4.69) is 10.3 Å². The van der Waals surface area contributed by atoms with Crippen LogP contribution in [0.25, 0.3) is 5.69 Å². The lowest BCUT2D eigenvalue weighted by Gasteiger charge is -2.09. The molecular weight excluding hydrogens is 386 g/mol. The number of nitro groups is 1. The Morgan fingerprint density at radius 2 is 1.96 bits per heavy atom. The van der Waals surface area contributed by atoms with E-state index in [1.54, 1.807) is 18.3 Å². The van der Waals surface area contributed by atoms with Gasteiger partial charge in [-0.15, -0.1) is 5.10 Å². The maximum atomic E-state index is 12.7. The lowest BCUT2D eigenvalue weighted by Crippen LogP contribution is -2.11. The summed E-state index contributed by atoms with van der Waals surface area (Å²) in [5.74, 6) is -3.80. The first-order chi connectivity index (χ1) is 12.8. The minimum atomic E-state index is -4.97. The first kappa shape index (κ1) is 18.4. The van der Waals surface area contributed by atoms with Crippen molar-refractivity contribution in [3.63, 3.8) is 0 Å². The fourth-order valence-corrected chi connectivity index (χ4v) is 2.91. The summed E-state index contributed by atoms with van der Waals surface area (Å²) in [6, 6.07) is 8.64. The van der Waals surface area contributed by atoms with E-state index in [9.17, 15) is 27.3 Å². The molecule has 0 radical (unpaired) electrons. The third kappa shape index (κ3) is 3.74. The molecule has 0 saturated heterocycles. The molecule has 0 saturated carbocycles. The van der Waals surface area contributed by atoms with Crippen LogP contribution in [-0.2, 0) is 9.84 Å². The first-order valence-corrected chi connectivity index (χ1v) is 8.79. The highest BCUT2D eigenvalue weighted by molar-refractivity contribution is 7.91. The van der Waals surface area contributed by atoms with Crippen molar-refractivity contribution in [2.24, 2.45) is 0 Å². The Labute approximate surface area is 150 Å². The lowest BCUT2D eigenvalue weighted by atomic mass is 10.2. The molecule has 9 nitrogen and oxygen atoms in total. The van der Waals surface area contributed by atoms with Gasteiger partial charge in [-0.1, -0.05) is 11.3 Å². The number of sulfone groups is 1. The number of ether oxygens (including phenoxy) is 1. The van der Waals surface area contributed by atoms with Gasteiger partial charge in [0.1, 0.15) is 5.75 Å². The number of rotatable bonds is 6. The number of hydrogen-bond donors (Lipinski definition) is 0. The summed E-state index contributed by atoms with van der Waals surface area (Å²) in [7, 11) is -4.97. The molecule has 140 valence electrons. The summed E-state index contributed by atoms with van der Waals surface area (Å²) in [5.41, 5.74) is -0.201. The van der Waals surface area contributed by atoms with Gasteiger partial charge in [0.15, 0.2) is 0 Å². The number of hydrogen-bond acceptors (Lipinski definition) is 7. The molecule has 1 heterocycles. The van der Waals surface area contributed by atoms with Crippen LogP contribution in [0.1, 0.15) is 0 Å². The van der Waals surface area contributed by atoms with E-state index in [1.807, 2.05) is 0 Å². The molecule has 0 amide bonds. The third-order valence-electron chi connectivity index (χ3n) is 3.42. The molecular formula is C15H10F2N4O5S. The average molecular weight is 396 g/mol. The SMILES string of the molecule is O=[N+]([O-])c1cc(S(=O)(=O)C(F)F)ccc1Oc1cccc(-n2ccnn2)c1. The molecule has 0 N–H and O–H groups in total. The molecule has 0 atom stereocenters. The maximum absolute atomic E-state index is 12.7. The molecule has 3 rings (SSSR count). The standard InChI is InChI=1S/C15H10F2N4O5S/c16-15(17)27(24,25)12-4-5-14(13(9-12)21(22)23)26-11-3-1-2-10(8-11)20-7-6-18-19-20/h1-9,15H. The molecule has 0 bridgehead atoms. The van der Waals surface area contributed by atoms with E-state index in [-0.39, 0.29) is 11.5 Å². The number of benzene rings is 2. The highest BCUT2D eigenvalue weighted by Crippen LogP contribution is 2.35.